The number of amidine groups is 1. The second kappa shape index (κ2) is 9.64. The van der Waals surface area contributed by atoms with Gasteiger partial charge in [-0.05, 0) is 50.1 Å². The highest BCUT2D eigenvalue weighted by molar-refractivity contribution is 7.91. The zero-order valence-electron chi connectivity index (χ0n) is 20.5. The summed E-state index contributed by atoms with van der Waals surface area (Å²) in [6.07, 6.45) is 5.08. The Morgan fingerprint density at radius 1 is 1.25 bits per heavy atom. The van der Waals surface area contributed by atoms with Crippen LogP contribution in [0.5, 0.6) is 0 Å². The smallest absolute Gasteiger partial charge is 0.250 e. The highest BCUT2D eigenvalue weighted by Crippen LogP contribution is 2.31. The van der Waals surface area contributed by atoms with E-state index in [1.165, 1.54) is 11.3 Å². The van der Waals surface area contributed by atoms with Gasteiger partial charge in [0.25, 0.3) is 0 Å². The van der Waals surface area contributed by atoms with Gasteiger partial charge in [0, 0.05) is 49.7 Å². The molecule has 5 rings (SSSR count). The van der Waals surface area contributed by atoms with Crippen LogP contribution in [-0.4, -0.2) is 66.8 Å². The van der Waals surface area contributed by atoms with E-state index in [0.717, 1.165) is 38.3 Å². The molecule has 4 heterocycles. The van der Waals surface area contributed by atoms with Gasteiger partial charge in [-0.3, -0.25) is 9.67 Å². The fourth-order valence-electron chi connectivity index (χ4n) is 4.64. The summed E-state index contributed by atoms with van der Waals surface area (Å²) >= 11 is 1.31. The van der Waals surface area contributed by atoms with Crippen LogP contribution in [-0.2, 0) is 17.1 Å². The summed E-state index contributed by atoms with van der Waals surface area (Å²) in [7, 11) is 0.0524. The third kappa shape index (κ3) is 4.73. The average Bonchev–Trinajstić information content (AvgIpc) is 3.58. The number of aromatic nitrogens is 3. The van der Waals surface area contributed by atoms with Crippen LogP contribution in [0.25, 0.3) is 21.3 Å². The van der Waals surface area contributed by atoms with Gasteiger partial charge in [-0.15, -0.1) is 11.3 Å². The summed E-state index contributed by atoms with van der Waals surface area (Å²) in [6, 6.07) is 9.64. The number of fused-ring (bicyclic) bond motifs is 1. The molecule has 4 aromatic rings. The molecule has 0 aliphatic carbocycles. The molecule has 11 heteroatoms. The second-order valence-corrected chi connectivity index (χ2v) is 12.1. The number of nitrogens with zero attached hydrogens (tertiary/aromatic N) is 5. The molecule has 9 nitrogen and oxygen atoms in total. The van der Waals surface area contributed by atoms with E-state index in [1.807, 2.05) is 44.4 Å². The Kier molecular flexibility index (Phi) is 6.54. The maximum Gasteiger partial charge on any atom is 0.250 e. The molecule has 3 aromatic heterocycles. The van der Waals surface area contributed by atoms with Gasteiger partial charge >= 0.3 is 0 Å². The molecule has 1 fully saturated rings. The Morgan fingerprint density at radius 3 is 2.69 bits per heavy atom. The van der Waals surface area contributed by atoms with Crippen LogP contribution in [0.15, 0.2) is 56.9 Å². The summed E-state index contributed by atoms with van der Waals surface area (Å²) in [4.78, 5) is 14.2. The third-order valence-corrected chi connectivity index (χ3v) is 9.56. The number of aliphatic imine (C=N–C) groups is 2. The van der Waals surface area contributed by atoms with Gasteiger partial charge in [-0.1, -0.05) is 17.7 Å². The lowest BCUT2D eigenvalue weighted by Gasteiger charge is -2.34. The monoisotopic (exact) mass is 523 g/mol. The van der Waals surface area contributed by atoms with Crippen molar-refractivity contribution in [2.24, 2.45) is 17.0 Å². The number of nitrogens with one attached hydrogen (secondary N) is 2. The first-order valence-electron chi connectivity index (χ1n) is 11.7. The molecule has 1 aliphatic heterocycles. The van der Waals surface area contributed by atoms with Crippen LogP contribution in [0, 0.1) is 6.92 Å². The van der Waals surface area contributed by atoms with Crippen LogP contribution in [0.2, 0.25) is 0 Å². The number of piperidine rings is 1. The zero-order valence-corrected chi connectivity index (χ0v) is 22.2. The van der Waals surface area contributed by atoms with Gasteiger partial charge in [-0.25, -0.2) is 18.1 Å². The Labute approximate surface area is 214 Å². The topological polar surface area (TPSA) is 108 Å². The normalized spacial score (nSPS) is 15.6. The minimum Gasteiger partial charge on any atom is -0.356 e. The molecule has 188 valence electrons. The molecule has 0 bridgehead atoms. The molecule has 1 aliphatic rings. The molecule has 0 amide bonds. The van der Waals surface area contributed by atoms with E-state index in [2.05, 4.69) is 36.4 Å². The van der Waals surface area contributed by atoms with Gasteiger partial charge in [-0.2, -0.15) is 5.10 Å². The Balaban J connectivity index is 1.29. The average molecular weight is 524 g/mol. The predicted octanol–water partition coefficient (Wildman–Crippen LogP) is 4.09. The van der Waals surface area contributed by atoms with Gasteiger partial charge in [0.1, 0.15) is 15.9 Å². The van der Waals surface area contributed by atoms with E-state index in [0.29, 0.717) is 36.0 Å². The largest absolute Gasteiger partial charge is 0.356 e. The van der Waals surface area contributed by atoms with Crippen molar-refractivity contribution in [1.29, 1.82) is 0 Å². The molecule has 0 spiro atoms. The predicted molar refractivity (Wildman–Crippen MR) is 146 cm³/mol. The van der Waals surface area contributed by atoms with Crippen LogP contribution in [0.4, 0.5) is 5.82 Å². The summed E-state index contributed by atoms with van der Waals surface area (Å²) in [5.74, 6) is 1.46. The number of hydrogen-bond donors (Lipinski definition) is 2. The molecule has 0 atom stereocenters. The van der Waals surface area contributed by atoms with Crippen molar-refractivity contribution in [1.82, 2.24) is 24.4 Å². The number of benzene rings is 1. The van der Waals surface area contributed by atoms with Crippen molar-refractivity contribution in [2.45, 2.75) is 30.0 Å². The lowest BCUT2D eigenvalue weighted by Crippen LogP contribution is -2.46. The van der Waals surface area contributed by atoms with Crippen LogP contribution in [0.1, 0.15) is 24.0 Å². The lowest BCUT2D eigenvalue weighted by atomic mass is 10.0. The van der Waals surface area contributed by atoms with E-state index in [1.54, 1.807) is 24.0 Å². The first-order valence-corrected chi connectivity index (χ1v) is 14.0. The summed E-state index contributed by atoms with van der Waals surface area (Å²) < 4.78 is 32.2. The molecule has 2 N–H and O–H groups in total. The first kappa shape index (κ1) is 24.4. The van der Waals surface area contributed by atoms with E-state index in [4.69, 9.17) is 0 Å². The highest BCUT2D eigenvalue weighted by atomic mass is 32.2. The summed E-state index contributed by atoms with van der Waals surface area (Å²) in [6.45, 7) is 7.07. The molecule has 0 unspecified atom stereocenters. The molecule has 0 saturated carbocycles. The van der Waals surface area contributed by atoms with Crippen LogP contribution in [0.3, 0.4) is 0 Å². The van der Waals surface area contributed by atoms with E-state index in [9.17, 15) is 8.42 Å². The standard InChI is InChI=1S/C25H29N7O2S2/c1-16-5-6-22-17(11-16)12-23(35-22)36(33,34)30-19-7-9-32(10-8-19)25(27-3)20-13-21(29-24(20)26-2)18-14-28-31(4)15-18/h5-6,11-15,19,29-30H,2,7-10H2,1,3-4H3. The Bertz CT molecular complexity index is 1550. The molecule has 0 radical (unpaired) electrons. The van der Waals surface area contributed by atoms with Gasteiger partial charge in [0.15, 0.2) is 0 Å². The minimum atomic E-state index is -3.58. The van der Waals surface area contributed by atoms with Crippen molar-refractivity contribution in [3.8, 4) is 11.3 Å². The maximum atomic E-state index is 13.1. The van der Waals surface area contributed by atoms with Gasteiger partial charge in [0.2, 0.25) is 10.0 Å². The second-order valence-electron chi connectivity index (χ2n) is 9.04. The van der Waals surface area contributed by atoms with E-state index in [-0.39, 0.29) is 6.04 Å². The molecule has 1 aromatic carbocycles. The Hall–Kier alpha value is -3.28. The number of aromatic amines is 1. The van der Waals surface area contributed by atoms with Crippen molar-refractivity contribution < 1.29 is 8.42 Å². The number of aryl methyl sites for hydroxylation is 2. The quantitative estimate of drug-likeness (QED) is 0.293. The van der Waals surface area contributed by atoms with Crippen LogP contribution < -0.4 is 4.72 Å². The fourth-order valence-corrected chi connectivity index (χ4v) is 7.34. The minimum absolute atomic E-state index is 0.134. The van der Waals surface area contributed by atoms with E-state index >= 15 is 0 Å². The third-order valence-electron chi connectivity index (χ3n) is 6.45. The molecular formula is C25H29N7O2S2. The first-order chi connectivity index (χ1) is 17.3. The van der Waals surface area contributed by atoms with Crippen LogP contribution >= 0.6 is 11.3 Å². The number of likely N-dealkylation sites (tertiary alicyclic amines) is 1. The fraction of sp³-hybridized carbons (Fsp3) is 0.320. The SMILES string of the molecule is C=Nc1[nH]c(-c2cnn(C)c2)cc1C(=NC)N1CCC(NS(=O)(=O)c2cc3cc(C)ccc3s2)CC1. The van der Waals surface area contributed by atoms with Crippen molar-refractivity contribution in [3.05, 3.63) is 53.9 Å². The van der Waals surface area contributed by atoms with Crippen molar-refractivity contribution >= 4 is 49.8 Å². The van der Waals surface area contributed by atoms with Gasteiger partial charge in [0.05, 0.1) is 17.5 Å². The Morgan fingerprint density at radius 2 is 2.03 bits per heavy atom. The summed E-state index contributed by atoms with van der Waals surface area (Å²) in [5, 5.41) is 5.20. The highest BCUT2D eigenvalue weighted by Gasteiger charge is 2.28. The number of H-pyrrole nitrogens is 1. The van der Waals surface area contributed by atoms with Crippen molar-refractivity contribution in [2.75, 3.05) is 20.1 Å². The van der Waals surface area contributed by atoms with Gasteiger partial charge < -0.3 is 9.88 Å². The molecule has 1 saturated heterocycles. The number of sulfonamides is 1. The number of thiophene rings is 1. The summed E-state index contributed by atoms with van der Waals surface area (Å²) in [5.41, 5.74) is 3.82. The molecular weight excluding hydrogens is 494 g/mol. The number of hydrogen-bond acceptors (Lipinski definition) is 6. The maximum absolute atomic E-state index is 13.1. The lowest BCUT2D eigenvalue weighted by molar-refractivity contribution is 0.302. The number of rotatable bonds is 6. The molecule has 36 heavy (non-hydrogen) atoms. The van der Waals surface area contributed by atoms with Crippen molar-refractivity contribution in [3.63, 3.8) is 0 Å². The van der Waals surface area contributed by atoms with E-state index < -0.39 is 10.0 Å². The zero-order chi connectivity index (χ0) is 25.4.